The summed E-state index contributed by atoms with van der Waals surface area (Å²) < 4.78 is 6.69. The summed E-state index contributed by atoms with van der Waals surface area (Å²) in [7, 11) is 0. The van der Waals surface area contributed by atoms with E-state index in [1.165, 1.54) is 0 Å². The van der Waals surface area contributed by atoms with Gasteiger partial charge in [0.25, 0.3) is 0 Å². The molecule has 0 aliphatic carbocycles. The largest absolute Gasteiger partial charge is 0.421 e. The average molecular weight is 356 g/mol. The molecule has 0 aliphatic rings. The Morgan fingerprint density at radius 3 is 2.91 bits per heavy atom. The van der Waals surface area contributed by atoms with E-state index in [1.807, 2.05) is 55.6 Å². The number of rotatable bonds is 4. The minimum Gasteiger partial charge on any atom is -0.421 e. The second kappa shape index (κ2) is 6.66. The van der Waals surface area contributed by atoms with Crippen LogP contribution >= 0.6 is 15.9 Å². The number of aryl methyl sites for hydroxylation is 1. The van der Waals surface area contributed by atoms with E-state index >= 15 is 0 Å². The van der Waals surface area contributed by atoms with Crippen molar-refractivity contribution in [2.24, 2.45) is 0 Å². The number of hydrogen-bond acceptors (Lipinski definition) is 4. The molecule has 1 aromatic carbocycles. The molecule has 3 rings (SSSR count). The number of benzene rings is 1. The Labute approximate surface area is 137 Å². The highest BCUT2D eigenvalue weighted by molar-refractivity contribution is 9.10. The fourth-order valence-electron chi connectivity index (χ4n) is 2.06. The maximum Gasteiger partial charge on any atom is 0.240 e. The number of pyridine rings is 1. The molecule has 0 atom stereocenters. The molecule has 3 aromatic rings. The van der Waals surface area contributed by atoms with Crippen molar-refractivity contribution in [3.63, 3.8) is 0 Å². The van der Waals surface area contributed by atoms with Gasteiger partial charge in [0, 0.05) is 22.9 Å². The molecule has 5 heteroatoms. The van der Waals surface area contributed by atoms with Gasteiger partial charge in [-0.15, -0.1) is 10.2 Å². The van der Waals surface area contributed by atoms with Crippen LogP contribution in [-0.2, 0) is 6.42 Å². The molecular formula is C17H14BrN3O. The minimum absolute atomic E-state index is 0.501. The second-order valence-corrected chi connectivity index (χ2v) is 5.82. The summed E-state index contributed by atoms with van der Waals surface area (Å²) in [5.74, 6) is 1.10. The summed E-state index contributed by atoms with van der Waals surface area (Å²) in [5, 5.41) is 8.13. The molecule has 0 saturated heterocycles. The third-order valence-corrected chi connectivity index (χ3v) is 3.69. The zero-order chi connectivity index (χ0) is 15.4. The lowest BCUT2D eigenvalue weighted by molar-refractivity contribution is 0.496. The quantitative estimate of drug-likeness (QED) is 0.700. The van der Waals surface area contributed by atoms with E-state index in [4.69, 9.17) is 4.42 Å². The van der Waals surface area contributed by atoms with Crippen molar-refractivity contribution in [2.75, 3.05) is 0 Å². The Bertz CT molecular complexity index is 811. The number of nitrogens with zero attached hydrogens (tertiary/aromatic N) is 3. The normalized spacial score (nSPS) is 11.2. The molecule has 2 aromatic heterocycles. The predicted octanol–water partition coefficient (Wildman–Crippen LogP) is 4.30. The van der Waals surface area contributed by atoms with Crippen molar-refractivity contribution in [3.8, 4) is 0 Å². The maximum atomic E-state index is 5.65. The average Bonchev–Trinajstić information content (AvgIpc) is 2.94. The highest BCUT2D eigenvalue weighted by Crippen LogP contribution is 2.16. The first-order chi connectivity index (χ1) is 10.7. The molecule has 110 valence electrons. The zero-order valence-electron chi connectivity index (χ0n) is 12.0. The summed E-state index contributed by atoms with van der Waals surface area (Å²) in [4.78, 5) is 4.07. The number of aromatic nitrogens is 3. The van der Waals surface area contributed by atoms with Crippen molar-refractivity contribution in [1.29, 1.82) is 0 Å². The molecule has 22 heavy (non-hydrogen) atoms. The highest BCUT2D eigenvalue weighted by atomic mass is 79.9. The van der Waals surface area contributed by atoms with Crippen LogP contribution in [0.5, 0.6) is 0 Å². The van der Waals surface area contributed by atoms with E-state index in [0.717, 1.165) is 21.2 Å². The van der Waals surface area contributed by atoms with E-state index in [-0.39, 0.29) is 0 Å². The molecule has 0 unspecified atom stereocenters. The molecule has 2 heterocycles. The third kappa shape index (κ3) is 3.68. The fraction of sp³-hybridized carbons (Fsp3) is 0.118. The third-order valence-electron chi connectivity index (χ3n) is 3.20. The highest BCUT2D eigenvalue weighted by Gasteiger charge is 2.05. The summed E-state index contributed by atoms with van der Waals surface area (Å²) >= 11 is 3.46. The van der Waals surface area contributed by atoms with E-state index in [9.17, 15) is 0 Å². The van der Waals surface area contributed by atoms with E-state index in [0.29, 0.717) is 18.2 Å². The lowest BCUT2D eigenvalue weighted by Crippen LogP contribution is -1.87. The van der Waals surface area contributed by atoms with Crippen molar-refractivity contribution in [1.82, 2.24) is 15.2 Å². The van der Waals surface area contributed by atoms with Crippen LogP contribution in [-0.4, -0.2) is 15.2 Å². The van der Waals surface area contributed by atoms with Gasteiger partial charge in [-0.2, -0.15) is 0 Å². The molecule has 0 saturated carbocycles. The Morgan fingerprint density at radius 1 is 1.18 bits per heavy atom. The number of halogens is 1. The van der Waals surface area contributed by atoms with Crippen LogP contribution in [0.15, 0.2) is 51.6 Å². The van der Waals surface area contributed by atoms with Crippen LogP contribution in [0.1, 0.15) is 28.5 Å². The van der Waals surface area contributed by atoms with E-state index < -0.39 is 0 Å². The fourth-order valence-corrected chi connectivity index (χ4v) is 2.51. The lowest BCUT2D eigenvalue weighted by atomic mass is 10.1. The van der Waals surface area contributed by atoms with Crippen molar-refractivity contribution in [3.05, 3.63) is 75.7 Å². The molecule has 0 spiro atoms. The van der Waals surface area contributed by atoms with Gasteiger partial charge in [0.15, 0.2) is 0 Å². The van der Waals surface area contributed by atoms with Gasteiger partial charge in [-0.25, -0.2) is 0 Å². The SMILES string of the molecule is Cc1cnccc1C=Cc1nnc(Cc2cccc(Br)c2)o1. The van der Waals surface area contributed by atoms with Gasteiger partial charge in [-0.3, -0.25) is 4.98 Å². The van der Waals surface area contributed by atoms with Crippen LogP contribution in [0.2, 0.25) is 0 Å². The topological polar surface area (TPSA) is 51.8 Å². The molecule has 4 nitrogen and oxygen atoms in total. The van der Waals surface area contributed by atoms with Crippen molar-refractivity contribution >= 4 is 28.1 Å². The maximum absolute atomic E-state index is 5.65. The zero-order valence-corrected chi connectivity index (χ0v) is 13.6. The second-order valence-electron chi connectivity index (χ2n) is 4.91. The van der Waals surface area contributed by atoms with Crippen molar-refractivity contribution in [2.45, 2.75) is 13.3 Å². The van der Waals surface area contributed by atoms with Gasteiger partial charge in [0.05, 0.1) is 6.42 Å². The number of hydrogen-bond donors (Lipinski definition) is 0. The van der Waals surface area contributed by atoms with Gasteiger partial charge in [-0.1, -0.05) is 28.1 Å². The van der Waals surface area contributed by atoms with Gasteiger partial charge < -0.3 is 4.42 Å². The lowest BCUT2D eigenvalue weighted by Gasteiger charge is -1.97. The van der Waals surface area contributed by atoms with Crippen LogP contribution in [0.25, 0.3) is 12.2 Å². The van der Waals surface area contributed by atoms with Gasteiger partial charge in [0.2, 0.25) is 11.8 Å². The molecule has 0 bridgehead atoms. The Morgan fingerprint density at radius 2 is 2.09 bits per heavy atom. The predicted molar refractivity (Wildman–Crippen MR) is 89.1 cm³/mol. The first kappa shape index (κ1) is 14.7. The summed E-state index contributed by atoms with van der Waals surface area (Å²) in [5.41, 5.74) is 3.31. The smallest absolute Gasteiger partial charge is 0.240 e. The van der Waals surface area contributed by atoms with Crippen LogP contribution in [0, 0.1) is 6.92 Å². The first-order valence-corrected chi connectivity index (χ1v) is 7.65. The Balaban J connectivity index is 1.73. The van der Waals surface area contributed by atoms with Crippen molar-refractivity contribution < 1.29 is 4.42 Å². The summed E-state index contributed by atoms with van der Waals surface area (Å²) in [6, 6.07) is 10.0. The molecule has 0 aliphatic heterocycles. The monoisotopic (exact) mass is 355 g/mol. The standard InChI is InChI=1S/C17H14BrN3O/c1-12-11-19-8-7-14(12)5-6-16-20-21-17(22-16)10-13-3-2-4-15(18)9-13/h2-9,11H,10H2,1H3. The molecular weight excluding hydrogens is 342 g/mol. The van der Waals surface area contributed by atoms with E-state index in [1.54, 1.807) is 6.20 Å². The molecule has 0 N–H and O–H groups in total. The van der Waals surface area contributed by atoms with Crippen LogP contribution < -0.4 is 0 Å². The minimum atomic E-state index is 0.501. The Kier molecular flexibility index (Phi) is 4.44. The van der Waals surface area contributed by atoms with Crippen LogP contribution in [0.3, 0.4) is 0 Å². The molecule has 0 fully saturated rings. The van der Waals surface area contributed by atoms with Gasteiger partial charge >= 0.3 is 0 Å². The first-order valence-electron chi connectivity index (χ1n) is 6.86. The summed E-state index contributed by atoms with van der Waals surface area (Å²) in [6.07, 6.45) is 7.98. The summed E-state index contributed by atoms with van der Waals surface area (Å²) in [6.45, 7) is 2.01. The van der Waals surface area contributed by atoms with E-state index in [2.05, 4.69) is 31.1 Å². The van der Waals surface area contributed by atoms with Gasteiger partial charge in [-0.05, 0) is 47.9 Å². The molecule has 0 radical (unpaired) electrons. The Hall–Kier alpha value is -2.27. The molecule has 0 amide bonds. The van der Waals surface area contributed by atoms with Gasteiger partial charge in [0.1, 0.15) is 0 Å². The van der Waals surface area contributed by atoms with Crippen LogP contribution in [0.4, 0.5) is 0 Å².